The summed E-state index contributed by atoms with van der Waals surface area (Å²) >= 11 is 6.16. The number of fused-ring (bicyclic) bond motifs is 1. The van der Waals surface area contributed by atoms with E-state index in [1.54, 1.807) is 18.3 Å². The number of hydrogen-bond acceptors (Lipinski definition) is 5. The fraction of sp³-hybridized carbons (Fsp3) is 0.407. The van der Waals surface area contributed by atoms with Crippen LogP contribution in [0.3, 0.4) is 0 Å². The third-order valence-corrected chi connectivity index (χ3v) is 7.44. The molecule has 5 rings (SSSR count). The van der Waals surface area contributed by atoms with Gasteiger partial charge in [-0.1, -0.05) is 23.7 Å². The van der Waals surface area contributed by atoms with Crippen molar-refractivity contribution in [1.82, 2.24) is 9.88 Å². The third-order valence-electron chi connectivity index (χ3n) is 7.14. The maximum atomic E-state index is 13.2. The van der Waals surface area contributed by atoms with E-state index in [-0.39, 0.29) is 17.5 Å². The maximum absolute atomic E-state index is 13.2. The molecule has 3 aromatic rings. The first-order valence-electron chi connectivity index (χ1n) is 11.8. The van der Waals surface area contributed by atoms with Crippen LogP contribution in [-0.4, -0.2) is 47.0 Å². The van der Waals surface area contributed by atoms with Gasteiger partial charge < -0.3 is 15.3 Å². The lowest BCUT2D eigenvalue weighted by molar-refractivity contribution is 0.0968. The van der Waals surface area contributed by atoms with Crippen molar-refractivity contribution in [2.75, 3.05) is 19.4 Å². The van der Waals surface area contributed by atoms with E-state index < -0.39 is 0 Å². The molecule has 0 aliphatic heterocycles. The van der Waals surface area contributed by atoms with E-state index in [1.807, 2.05) is 18.2 Å². The maximum Gasteiger partial charge on any atom is 0.169 e. The van der Waals surface area contributed by atoms with Crippen molar-refractivity contribution in [3.05, 3.63) is 53.2 Å². The summed E-state index contributed by atoms with van der Waals surface area (Å²) in [7, 11) is 4.30. The highest BCUT2D eigenvalue weighted by atomic mass is 35.5. The number of rotatable bonds is 6. The lowest BCUT2D eigenvalue weighted by atomic mass is 9.89. The molecule has 1 heterocycles. The highest BCUT2D eigenvalue weighted by Gasteiger charge is 2.33. The van der Waals surface area contributed by atoms with Crippen molar-refractivity contribution in [3.8, 4) is 16.9 Å². The summed E-state index contributed by atoms with van der Waals surface area (Å²) in [5.74, 6) is 0.399. The topological polar surface area (TPSA) is 65.5 Å². The Kier molecular flexibility index (Phi) is 6.02. The number of ketones is 1. The number of benzene rings is 2. The molecule has 0 unspecified atom stereocenters. The first-order valence-corrected chi connectivity index (χ1v) is 12.2. The molecule has 0 spiro atoms. The van der Waals surface area contributed by atoms with Crippen LogP contribution in [0.25, 0.3) is 22.0 Å². The van der Waals surface area contributed by atoms with Gasteiger partial charge in [0.1, 0.15) is 5.75 Å². The Hall–Kier alpha value is -2.63. The van der Waals surface area contributed by atoms with E-state index in [0.29, 0.717) is 22.7 Å². The van der Waals surface area contributed by atoms with Crippen LogP contribution in [0.2, 0.25) is 5.02 Å². The number of nitrogens with one attached hydrogen (secondary N) is 1. The highest BCUT2D eigenvalue weighted by molar-refractivity contribution is 6.32. The zero-order valence-electron chi connectivity index (χ0n) is 19.1. The van der Waals surface area contributed by atoms with Crippen LogP contribution in [0.4, 0.5) is 5.69 Å². The van der Waals surface area contributed by atoms with Crippen molar-refractivity contribution < 1.29 is 9.90 Å². The summed E-state index contributed by atoms with van der Waals surface area (Å²) in [4.78, 5) is 20.1. The van der Waals surface area contributed by atoms with Gasteiger partial charge in [0.2, 0.25) is 0 Å². The Morgan fingerprint density at radius 1 is 1.03 bits per heavy atom. The van der Waals surface area contributed by atoms with Crippen LogP contribution in [0.1, 0.15) is 48.9 Å². The van der Waals surface area contributed by atoms with E-state index in [4.69, 9.17) is 11.6 Å². The minimum absolute atomic E-state index is 0.0656. The van der Waals surface area contributed by atoms with Crippen LogP contribution in [0, 0.1) is 5.92 Å². The summed E-state index contributed by atoms with van der Waals surface area (Å²) in [6.07, 6.45) is 8.15. The van der Waals surface area contributed by atoms with E-state index in [9.17, 15) is 9.90 Å². The smallest absolute Gasteiger partial charge is 0.169 e. The molecule has 0 saturated heterocycles. The van der Waals surface area contributed by atoms with E-state index in [1.165, 1.54) is 0 Å². The molecule has 0 amide bonds. The van der Waals surface area contributed by atoms with Crippen LogP contribution in [0.15, 0.2) is 42.6 Å². The van der Waals surface area contributed by atoms with Crippen molar-refractivity contribution in [1.29, 1.82) is 0 Å². The molecule has 2 aliphatic rings. The zero-order chi connectivity index (χ0) is 23.1. The van der Waals surface area contributed by atoms with Crippen molar-refractivity contribution in [3.63, 3.8) is 0 Å². The highest BCUT2D eigenvalue weighted by Crippen LogP contribution is 2.39. The fourth-order valence-electron chi connectivity index (χ4n) is 4.91. The fourth-order valence-corrected chi connectivity index (χ4v) is 5.09. The molecular formula is C27H30ClN3O2. The number of aromatic nitrogens is 1. The van der Waals surface area contributed by atoms with E-state index in [0.717, 1.165) is 66.2 Å². The van der Waals surface area contributed by atoms with Crippen LogP contribution >= 0.6 is 11.6 Å². The summed E-state index contributed by atoms with van der Waals surface area (Å²) in [6, 6.07) is 12.3. The van der Waals surface area contributed by atoms with Crippen LogP contribution < -0.4 is 5.32 Å². The summed E-state index contributed by atoms with van der Waals surface area (Å²) in [6.45, 7) is 0. The second kappa shape index (κ2) is 8.96. The molecule has 33 heavy (non-hydrogen) atoms. The zero-order valence-corrected chi connectivity index (χ0v) is 19.9. The molecule has 5 nitrogen and oxygen atoms in total. The van der Waals surface area contributed by atoms with Crippen molar-refractivity contribution in [2.45, 2.75) is 50.6 Å². The predicted octanol–water partition coefficient (Wildman–Crippen LogP) is 6.14. The molecule has 6 heteroatoms. The second-order valence-corrected chi connectivity index (χ2v) is 10.1. The molecule has 2 aromatic carbocycles. The van der Waals surface area contributed by atoms with Crippen LogP contribution in [0.5, 0.6) is 5.75 Å². The van der Waals surface area contributed by atoms with Crippen molar-refractivity contribution >= 4 is 34.0 Å². The average Bonchev–Trinajstić information content (AvgIpc) is 3.66. The molecule has 2 saturated carbocycles. The van der Waals surface area contributed by atoms with Gasteiger partial charge in [-0.05, 0) is 88.0 Å². The minimum Gasteiger partial charge on any atom is -0.506 e. The lowest BCUT2D eigenvalue weighted by Crippen LogP contribution is -2.36. The number of anilines is 1. The molecular weight excluding hydrogens is 434 g/mol. The molecule has 0 radical (unpaired) electrons. The van der Waals surface area contributed by atoms with Gasteiger partial charge in [-0.3, -0.25) is 9.78 Å². The number of phenolic OH excluding ortho intramolecular Hbond substituents is 1. The Morgan fingerprint density at radius 2 is 1.73 bits per heavy atom. The number of aromatic hydroxyl groups is 1. The minimum atomic E-state index is 0.0656. The number of carbonyl (C=O) groups is 1. The Labute approximate surface area is 199 Å². The number of phenols is 1. The van der Waals surface area contributed by atoms with Gasteiger partial charge in [0.05, 0.1) is 21.8 Å². The van der Waals surface area contributed by atoms with Gasteiger partial charge >= 0.3 is 0 Å². The van der Waals surface area contributed by atoms with Gasteiger partial charge in [0.25, 0.3) is 0 Å². The van der Waals surface area contributed by atoms with Gasteiger partial charge in [-0.2, -0.15) is 0 Å². The standard InChI is InChI=1S/C27H30ClN3O2/c1-31(2)20-9-7-19(8-10-20)30-26-21-13-17(18-6-12-25(32)23(28)14-18)5-11-24(21)29-15-22(26)27(33)16-3-4-16/h5-6,11-16,19-20,32H,3-4,7-10H2,1-2H3,(H,29,30)/t19-,20-. The summed E-state index contributed by atoms with van der Waals surface area (Å²) in [5.41, 5.74) is 4.37. The SMILES string of the molecule is CN(C)[C@H]1CC[C@H](Nc2c(C(=O)C3CC3)cnc3ccc(-c4ccc(O)c(Cl)c4)cc23)CC1. The number of pyridine rings is 1. The number of carbonyl (C=O) groups excluding carboxylic acids is 1. The monoisotopic (exact) mass is 463 g/mol. The first kappa shape index (κ1) is 22.2. The molecule has 2 aliphatic carbocycles. The summed E-state index contributed by atoms with van der Waals surface area (Å²) in [5, 5.41) is 14.8. The quantitative estimate of drug-likeness (QED) is 0.430. The molecule has 1 aromatic heterocycles. The van der Waals surface area contributed by atoms with E-state index in [2.05, 4.69) is 35.4 Å². The number of hydrogen-bond donors (Lipinski definition) is 2. The normalized spacial score (nSPS) is 20.8. The average molecular weight is 464 g/mol. The molecule has 2 fully saturated rings. The lowest BCUT2D eigenvalue weighted by Gasteiger charge is -2.34. The van der Waals surface area contributed by atoms with Gasteiger partial charge in [0, 0.05) is 29.6 Å². The van der Waals surface area contributed by atoms with Gasteiger partial charge in [-0.15, -0.1) is 0 Å². The molecule has 0 bridgehead atoms. The summed E-state index contributed by atoms with van der Waals surface area (Å²) < 4.78 is 0. The van der Waals surface area contributed by atoms with E-state index >= 15 is 0 Å². The Morgan fingerprint density at radius 3 is 2.39 bits per heavy atom. The first-order chi connectivity index (χ1) is 15.9. The van der Waals surface area contributed by atoms with Gasteiger partial charge in [-0.25, -0.2) is 0 Å². The molecule has 2 N–H and O–H groups in total. The molecule has 0 atom stereocenters. The number of nitrogens with zero attached hydrogens (tertiary/aromatic N) is 2. The third kappa shape index (κ3) is 4.57. The predicted molar refractivity (Wildman–Crippen MR) is 134 cm³/mol. The Bertz CT molecular complexity index is 1200. The number of Topliss-reactive ketones (excluding diaryl/α,β-unsaturated/α-hetero) is 1. The van der Waals surface area contributed by atoms with Crippen LogP contribution in [-0.2, 0) is 0 Å². The molecule has 172 valence electrons. The van der Waals surface area contributed by atoms with Gasteiger partial charge in [0.15, 0.2) is 5.78 Å². The van der Waals surface area contributed by atoms with Crippen molar-refractivity contribution in [2.24, 2.45) is 5.92 Å². The second-order valence-electron chi connectivity index (χ2n) is 9.70. The largest absolute Gasteiger partial charge is 0.506 e. The number of halogens is 1. The Balaban J connectivity index is 1.55.